The molecule has 0 spiro atoms. The maximum atomic E-state index is 13.6. The standard InChI is InChI=1S/C25H37N3O6/c1-6-34-16-9-14-28(25(30)24-21(32-4)11-7-12-22(24)33-5)19-23(29)27(15-17-31-3)18-20-10-8-13-26(20)2/h7-8,10-13H,6,9,14-19H2,1-5H3. The quantitative estimate of drug-likeness (QED) is 0.368. The molecule has 1 heterocycles. The lowest BCUT2D eigenvalue weighted by atomic mass is 10.1. The number of ether oxygens (including phenoxy) is 4. The molecule has 188 valence electrons. The second-order valence-corrected chi connectivity index (χ2v) is 7.73. The number of benzene rings is 1. The fourth-order valence-corrected chi connectivity index (χ4v) is 3.59. The number of aromatic nitrogens is 1. The van der Waals surface area contributed by atoms with Crippen LogP contribution in [-0.2, 0) is 27.9 Å². The zero-order chi connectivity index (χ0) is 24.9. The molecule has 0 atom stereocenters. The third-order valence-corrected chi connectivity index (χ3v) is 5.50. The van der Waals surface area contributed by atoms with Gasteiger partial charge in [0.1, 0.15) is 23.6 Å². The van der Waals surface area contributed by atoms with E-state index in [1.807, 2.05) is 36.9 Å². The summed E-state index contributed by atoms with van der Waals surface area (Å²) in [5.41, 5.74) is 1.28. The van der Waals surface area contributed by atoms with E-state index in [0.29, 0.717) is 62.9 Å². The number of methoxy groups -OCH3 is 3. The zero-order valence-electron chi connectivity index (χ0n) is 20.9. The van der Waals surface area contributed by atoms with E-state index in [1.54, 1.807) is 30.2 Å². The first-order valence-electron chi connectivity index (χ1n) is 11.4. The van der Waals surface area contributed by atoms with Gasteiger partial charge in [-0.25, -0.2) is 0 Å². The van der Waals surface area contributed by atoms with Crippen molar-refractivity contribution >= 4 is 11.8 Å². The van der Waals surface area contributed by atoms with Gasteiger partial charge < -0.3 is 33.3 Å². The van der Waals surface area contributed by atoms with Gasteiger partial charge in [0.05, 0.1) is 27.4 Å². The molecule has 9 nitrogen and oxygen atoms in total. The van der Waals surface area contributed by atoms with Gasteiger partial charge in [0.15, 0.2) is 0 Å². The van der Waals surface area contributed by atoms with Crippen LogP contribution in [0.3, 0.4) is 0 Å². The number of carbonyl (C=O) groups is 2. The Bertz CT molecular complexity index is 892. The summed E-state index contributed by atoms with van der Waals surface area (Å²) in [5, 5.41) is 0. The molecule has 0 saturated carbocycles. The SMILES string of the molecule is CCOCCCN(CC(=O)N(CCOC)Cc1cccn1C)C(=O)c1c(OC)cccc1OC. The predicted molar refractivity (Wildman–Crippen MR) is 129 cm³/mol. The Morgan fingerprint density at radius 2 is 1.65 bits per heavy atom. The summed E-state index contributed by atoms with van der Waals surface area (Å²) in [5.74, 6) is 0.292. The topological polar surface area (TPSA) is 82.5 Å². The number of rotatable bonds is 15. The second-order valence-electron chi connectivity index (χ2n) is 7.73. The molecule has 0 radical (unpaired) electrons. The van der Waals surface area contributed by atoms with Gasteiger partial charge in [-0.3, -0.25) is 9.59 Å². The summed E-state index contributed by atoms with van der Waals surface area (Å²) in [7, 11) is 6.54. The van der Waals surface area contributed by atoms with Gasteiger partial charge in [0.2, 0.25) is 5.91 Å². The lowest BCUT2D eigenvalue weighted by molar-refractivity contribution is -0.133. The van der Waals surface area contributed by atoms with Crippen LogP contribution in [0.4, 0.5) is 0 Å². The van der Waals surface area contributed by atoms with E-state index < -0.39 is 0 Å². The molecule has 1 aromatic carbocycles. The molecule has 34 heavy (non-hydrogen) atoms. The minimum absolute atomic E-state index is 0.0830. The van der Waals surface area contributed by atoms with Gasteiger partial charge in [-0.05, 0) is 37.6 Å². The molecule has 0 aliphatic heterocycles. The van der Waals surface area contributed by atoms with Crippen molar-refractivity contribution in [2.45, 2.75) is 19.9 Å². The largest absolute Gasteiger partial charge is 0.496 e. The van der Waals surface area contributed by atoms with E-state index in [2.05, 4.69) is 0 Å². The highest BCUT2D eigenvalue weighted by molar-refractivity contribution is 6.01. The van der Waals surface area contributed by atoms with Gasteiger partial charge in [0, 0.05) is 52.4 Å². The van der Waals surface area contributed by atoms with E-state index in [4.69, 9.17) is 18.9 Å². The molecule has 0 unspecified atom stereocenters. The van der Waals surface area contributed by atoms with Crippen LogP contribution in [0, 0.1) is 0 Å². The molecule has 0 aliphatic rings. The van der Waals surface area contributed by atoms with Gasteiger partial charge in [-0.2, -0.15) is 0 Å². The highest BCUT2D eigenvalue weighted by Crippen LogP contribution is 2.29. The Kier molecular flexibility index (Phi) is 11.4. The highest BCUT2D eigenvalue weighted by atomic mass is 16.5. The Morgan fingerprint density at radius 3 is 2.21 bits per heavy atom. The maximum Gasteiger partial charge on any atom is 0.261 e. The molecule has 0 fully saturated rings. The number of hydrogen-bond donors (Lipinski definition) is 0. The average Bonchev–Trinajstić information content (AvgIpc) is 3.26. The molecule has 0 saturated heterocycles. The van der Waals surface area contributed by atoms with Gasteiger partial charge in [-0.1, -0.05) is 6.07 Å². The normalized spacial score (nSPS) is 10.7. The van der Waals surface area contributed by atoms with Gasteiger partial charge in [0.25, 0.3) is 5.91 Å². The molecule has 0 bridgehead atoms. The molecule has 2 aromatic rings. The van der Waals surface area contributed by atoms with Crippen molar-refractivity contribution in [1.29, 1.82) is 0 Å². The molecular formula is C25H37N3O6. The number of hydrogen-bond acceptors (Lipinski definition) is 6. The Morgan fingerprint density at radius 1 is 0.941 bits per heavy atom. The van der Waals surface area contributed by atoms with E-state index >= 15 is 0 Å². The summed E-state index contributed by atoms with van der Waals surface area (Å²) >= 11 is 0. The maximum absolute atomic E-state index is 13.6. The summed E-state index contributed by atoms with van der Waals surface area (Å²) < 4.78 is 23.5. The molecule has 2 rings (SSSR count). The van der Waals surface area contributed by atoms with Crippen LogP contribution in [0.15, 0.2) is 36.5 Å². The molecule has 2 amide bonds. The van der Waals surface area contributed by atoms with Crippen molar-refractivity contribution in [3.8, 4) is 11.5 Å². The minimum atomic E-state index is -0.329. The third kappa shape index (κ3) is 7.50. The molecule has 0 N–H and O–H groups in total. The summed E-state index contributed by atoms with van der Waals surface area (Å²) in [6.07, 6.45) is 2.53. The lowest BCUT2D eigenvalue weighted by Crippen LogP contribution is -2.44. The molecular weight excluding hydrogens is 438 g/mol. The minimum Gasteiger partial charge on any atom is -0.496 e. The van der Waals surface area contributed by atoms with Crippen molar-refractivity contribution in [2.75, 3.05) is 60.8 Å². The van der Waals surface area contributed by atoms with E-state index in [9.17, 15) is 9.59 Å². The van der Waals surface area contributed by atoms with Crippen molar-refractivity contribution in [3.05, 3.63) is 47.8 Å². The van der Waals surface area contributed by atoms with E-state index in [-0.39, 0.29) is 18.4 Å². The number of carbonyl (C=O) groups excluding carboxylic acids is 2. The number of amides is 2. The van der Waals surface area contributed by atoms with E-state index in [1.165, 1.54) is 19.1 Å². The van der Waals surface area contributed by atoms with Crippen LogP contribution in [-0.4, -0.2) is 87.0 Å². The summed E-state index contributed by atoms with van der Waals surface area (Å²) in [4.78, 5) is 30.3. The monoisotopic (exact) mass is 475 g/mol. The lowest BCUT2D eigenvalue weighted by Gasteiger charge is -2.28. The molecule has 1 aromatic heterocycles. The fourth-order valence-electron chi connectivity index (χ4n) is 3.59. The molecule has 9 heteroatoms. The number of aryl methyl sites for hydroxylation is 1. The first-order valence-corrected chi connectivity index (χ1v) is 11.4. The fraction of sp³-hybridized carbons (Fsp3) is 0.520. The molecule has 0 aliphatic carbocycles. The summed E-state index contributed by atoms with van der Waals surface area (Å²) in [6, 6.07) is 9.07. The zero-order valence-corrected chi connectivity index (χ0v) is 20.9. The van der Waals surface area contributed by atoms with Crippen molar-refractivity contribution in [2.24, 2.45) is 7.05 Å². The Labute approximate surface area is 202 Å². The van der Waals surface area contributed by atoms with Gasteiger partial charge >= 0.3 is 0 Å². The average molecular weight is 476 g/mol. The third-order valence-electron chi connectivity index (χ3n) is 5.50. The van der Waals surface area contributed by atoms with Crippen molar-refractivity contribution in [1.82, 2.24) is 14.4 Å². The van der Waals surface area contributed by atoms with Crippen LogP contribution in [0.1, 0.15) is 29.4 Å². The predicted octanol–water partition coefficient (Wildman–Crippen LogP) is 2.59. The summed E-state index contributed by atoms with van der Waals surface area (Å²) in [6.45, 7) is 4.51. The van der Waals surface area contributed by atoms with Gasteiger partial charge in [-0.15, -0.1) is 0 Å². The van der Waals surface area contributed by atoms with Crippen LogP contribution >= 0.6 is 0 Å². The first kappa shape index (κ1) is 27.2. The van der Waals surface area contributed by atoms with E-state index in [0.717, 1.165) is 5.69 Å². The Balaban J connectivity index is 2.28. The van der Waals surface area contributed by atoms with Crippen molar-refractivity contribution in [3.63, 3.8) is 0 Å². The second kappa shape index (κ2) is 14.3. The Hall–Kier alpha value is -3.04. The number of nitrogens with zero attached hydrogens (tertiary/aromatic N) is 3. The first-order chi connectivity index (χ1) is 16.5. The van der Waals surface area contributed by atoms with Crippen LogP contribution in [0.2, 0.25) is 0 Å². The van der Waals surface area contributed by atoms with Crippen LogP contribution in [0.25, 0.3) is 0 Å². The van der Waals surface area contributed by atoms with Crippen LogP contribution < -0.4 is 9.47 Å². The van der Waals surface area contributed by atoms with Crippen molar-refractivity contribution < 1.29 is 28.5 Å². The van der Waals surface area contributed by atoms with Crippen LogP contribution in [0.5, 0.6) is 11.5 Å². The smallest absolute Gasteiger partial charge is 0.261 e. The highest BCUT2D eigenvalue weighted by Gasteiger charge is 2.27.